The van der Waals surface area contributed by atoms with Gasteiger partial charge in [-0.2, -0.15) is 5.10 Å². The molecule has 0 spiro atoms. The summed E-state index contributed by atoms with van der Waals surface area (Å²) in [6.07, 6.45) is 4.63. The molecule has 0 atom stereocenters. The minimum atomic E-state index is 0.833. The van der Waals surface area contributed by atoms with Gasteiger partial charge in [0.15, 0.2) is 0 Å². The van der Waals surface area contributed by atoms with Gasteiger partial charge in [0.05, 0.1) is 11.9 Å². The van der Waals surface area contributed by atoms with Gasteiger partial charge in [-0.15, -0.1) is 0 Å². The molecule has 0 aliphatic heterocycles. The third-order valence-corrected chi connectivity index (χ3v) is 2.91. The van der Waals surface area contributed by atoms with Crippen LogP contribution in [0, 0.1) is 0 Å². The second-order valence-electron chi connectivity index (χ2n) is 5.04. The van der Waals surface area contributed by atoms with Crippen molar-refractivity contribution in [1.82, 2.24) is 24.6 Å². The summed E-state index contributed by atoms with van der Waals surface area (Å²) >= 11 is 0. The van der Waals surface area contributed by atoms with Gasteiger partial charge in [-0.25, -0.2) is 9.97 Å². The molecule has 20 heavy (non-hydrogen) atoms. The number of likely N-dealkylation sites (N-methyl/N-ethyl adjacent to an activating group) is 1. The lowest BCUT2D eigenvalue weighted by Crippen LogP contribution is -2.17. The van der Waals surface area contributed by atoms with Crippen molar-refractivity contribution in [3.05, 3.63) is 24.3 Å². The van der Waals surface area contributed by atoms with E-state index in [1.807, 2.05) is 25.5 Å². The van der Waals surface area contributed by atoms with Crippen LogP contribution in [0.3, 0.4) is 0 Å². The van der Waals surface area contributed by atoms with E-state index in [1.165, 1.54) is 0 Å². The van der Waals surface area contributed by atoms with E-state index in [-0.39, 0.29) is 0 Å². The highest BCUT2D eigenvalue weighted by molar-refractivity contribution is 5.60. The standard InChI is InChI=1S/C14H22N6/c1-5-15-14-8-12(11-9-16-20(4)10-11)17-13(18-14)6-7-19(2)3/h8-10H,5-7H2,1-4H3,(H,15,17,18). The van der Waals surface area contributed by atoms with Crippen molar-refractivity contribution >= 4 is 5.82 Å². The van der Waals surface area contributed by atoms with Crippen molar-refractivity contribution in [2.24, 2.45) is 7.05 Å². The number of hydrogen-bond donors (Lipinski definition) is 1. The Balaban J connectivity index is 2.30. The van der Waals surface area contributed by atoms with Gasteiger partial charge in [0.25, 0.3) is 0 Å². The fraction of sp³-hybridized carbons (Fsp3) is 0.500. The van der Waals surface area contributed by atoms with Crippen LogP contribution in [0.5, 0.6) is 0 Å². The minimum absolute atomic E-state index is 0.833. The Morgan fingerprint density at radius 3 is 2.70 bits per heavy atom. The molecule has 6 heteroatoms. The zero-order valence-corrected chi connectivity index (χ0v) is 12.6. The lowest BCUT2D eigenvalue weighted by atomic mass is 10.2. The molecular formula is C14H22N6. The third kappa shape index (κ3) is 3.77. The predicted molar refractivity (Wildman–Crippen MR) is 80.7 cm³/mol. The van der Waals surface area contributed by atoms with E-state index in [0.717, 1.165) is 42.4 Å². The molecule has 0 aromatic carbocycles. The van der Waals surface area contributed by atoms with Gasteiger partial charge in [0.2, 0.25) is 0 Å². The highest BCUT2D eigenvalue weighted by Crippen LogP contribution is 2.19. The van der Waals surface area contributed by atoms with Crippen LogP contribution >= 0.6 is 0 Å². The van der Waals surface area contributed by atoms with Crippen molar-refractivity contribution in [1.29, 1.82) is 0 Å². The van der Waals surface area contributed by atoms with Gasteiger partial charge in [-0.1, -0.05) is 0 Å². The number of nitrogens with one attached hydrogen (secondary N) is 1. The molecule has 0 radical (unpaired) electrons. The first-order chi connectivity index (χ1) is 9.58. The number of nitrogens with zero attached hydrogens (tertiary/aromatic N) is 5. The van der Waals surface area contributed by atoms with Crippen molar-refractivity contribution in [3.8, 4) is 11.3 Å². The molecule has 0 saturated carbocycles. The molecule has 6 nitrogen and oxygen atoms in total. The van der Waals surface area contributed by atoms with Crippen LogP contribution in [0.2, 0.25) is 0 Å². The first kappa shape index (κ1) is 14.5. The Morgan fingerprint density at radius 2 is 2.10 bits per heavy atom. The molecule has 108 valence electrons. The van der Waals surface area contributed by atoms with E-state index < -0.39 is 0 Å². The van der Waals surface area contributed by atoms with Gasteiger partial charge < -0.3 is 10.2 Å². The van der Waals surface area contributed by atoms with Crippen molar-refractivity contribution < 1.29 is 0 Å². The van der Waals surface area contributed by atoms with Gasteiger partial charge in [0, 0.05) is 44.4 Å². The molecule has 0 unspecified atom stereocenters. The lowest BCUT2D eigenvalue weighted by molar-refractivity contribution is 0.409. The second kappa shape index (κ2) is 6.47. The Hall–Kier alpha value is -1.95. The van der Waals surface area contributed by atoms with Gasteiger partial charge in [-0.05, 0) is 21.0 Å². The quantitative estimate of drug-likeness (QED) is 0.863. The van der Waals surface area contributed by atoms with Crippen LogP contribution in [0.1, 0.15) is 12.7 Å². The molecule has 2 rings (SSSR count). The van der Waals surface area contributed by atoms with E-state index in [2.05, 4.69) is 46.3 Å². The van der Waals surface area contributed by atoms with E-state index in [9.17, 15) is 0 Å². The predicted octanol–water partition coefficient (Wildman–Crippen LogP) is 1.41. The maximum atomic E-state index is 4.64. The van der Waals surface area contributed by atoms with Crippen LogP contribution in [-0.2, 0) is 13.5 Å². The first-order valence-corrected chi connectivity index (χ1v) is 6.84. The minimum Gasteiger partial charge on any atom is -0.370 e. The van der Waals surface area contributed by atoms with Crippen LogP contribution in [0.15, 0.2) is 18.5 Å². The smallest absolute Gasteiger partial charge is 0.132 e. The summed E-state index contributed by atoms with van der Waals surface area (Å²) < 4.78 is 1.78. The average Bonchev–Trinajstić information content (AvgIpc) is 2.83. The number of aromatic nitrogens is 4. The fourth-order valence-electron chi connectivity index (χ4n) is 1.91. The monoisotopic (exact) mass is 274 g/mol. The lowest BCUT2D eigenvalue weighted by Gasteiger charge is -2.11. The molecule has 0 fully saturated rings. The average molecular weight is 274 g/mol. The normalized spacial score (nSPS) is 11.1. The zero-order chi connectivity index (χ0) is 14.5. The number of aryl methyl sites for hydroxylation is 1. The van der Waals surface area contributed by atoms with Crippen LogP contribution in [0.25, 0.3) is 11.3 Å². The van der Waals surface area contributed by atoms with E-state index >= 15 is 0 Å². The number of hydrogen-bond acceptors (Lipinski definition) is 5. The molecule has 2 aromatic heterocycles. The van der Waals surface area contributed by atoms with Crippen molar-refractivity contribution in [2.45, 2.75) is 13.3 Å². The Labute approximate surface area is 119 Å². The fourth-order valence-corrected chi connectivity index (χ4v) is 1.91. The molecule has 1 N–H and O–H groups in total. The van der Waals surface area contributed by atoms with Crippen LogP contribution in [0.4, 0.5) is 5.82 Å². The van der Waals surface area contributed by atoms with E-state index in [1.54, 1.807) is 4.68 Å². The topological polar surface area (TPSA) is 58.9 Å². The van der Waals surface area contributed by atoms with Crippen LogP contribution < -0.4 is 5.32 Å². The summed E-state index contributed by atoms with van der Waals surface area (Å²) in [6.45, 7) is 3.84. The van der Waals surface area contributed by atoms with Crippen molar-refractivity contribution in [3.63, 3.8) is 0 Å². The van der Waals surface area contributed by atoms with Gasteiger partial charge in [-0.3, -0.25) is 4.68 Å². The highest BCUT2D eigenvalue weighted by Gasteiger charge is 2.08. The summed E-state index contributed by atoms with van der Waals surface area (Å²) in [7, 11) is 6.01. The zero-order valence-electron chi connectivity index (χ0n) is 12.6. The van der Waals surface area contributed by atoms with E-state index in [0.29, 0.717) is 0 Å². The summed E-state index contributed by atoms with van der Waals surface area (Å²) in [5.74, 6) is 1.73. The largest absolute Gasteiger partial charge is 0.370 e. The molecule has 0 aliphatic carbocycles. The Kier molecular flexibility index (Phi) is 4.68. The maximum absolute atomic E-state index is 4.64. The van der Waals surface area contributed by atoms with Gasteiger partial charge >= 0.3 is 0 Å². The summed E-state index contributed by atoms with van der Waals surface area (Å²) in [5, 5.41) is 7.46. The molecule has 0 bridgehead atoms. The molecule has 0 saturated heterocycles. The molecule has 2 heterocycles. The molecule has 2 aromatic rings. The Morgan fingerprint density at radius 1 is 1.30 bits per heavy atom. The number of anilines is 1. The van der Waals surface area contributed by atoms with Gasteiger partial charge in [0.1, 0.15) is 11.6 Å². The summed E-state index contributed by atoms with van der Waals surface area (Å²) in [6, 6.07) is 1.97. The highest BCUT2D eigenvalue weighted by atomic mass is 15.2. The SMILES string of the molecule is CCNc1cc(-c2cnn(C)c2)nc(CCN(C)C)n1. The summed E-state index contributed by atoms with van der Waals surface area (Å²) in [5.41, 5.74) is 1.93. The second-order valence-corrected chi connectivity index (χ2v) is 5.04. The Bertz CT molecular complexity index is 561. The van der Waals surface area contributed by atoms with Crippen molar-refractivity contribution in [2.75, 3.05) is 32.5 Å². The molecular weight excluding hydrogens is 252 g/mol. The maximum Gasteiger partial charge on any atom is 0.132 e. The van der Waals surface area contributed by atoms with Crippen LogP contribution in [-0.4, -0.2) is 51.8 Å². The third-order valence-electron chi connectivity index (χ3n) is 2.91. The van der Waals surface area contributed by atoms with E-state index in [4.69, 9.17) is 0 Å². The number of rotatable bonds is 6. The first-order valence-electron chi connectivity index (χ1n) is 6.84. The molecule has 0 amide bonds. The molecule has 0 aliphatic rings. The summed E-state index contributed by atoms with van der Waals surface area (Å²) in [4.78, 5) is 11.3.